The fraction of sp³-hybridized carbons (Fsp3) is 0.0714. The SMILES string of the molecule is Cc1ccc(C(=O)Nc2cccc(C(F)(F)F)c2)cc1Nc1cc(-c2ccc(N)cc2)nc2[nH]ccc12. The standard InChI is InChI=1S/C28H22F3N5O/c1-16-5-6-18(27(37)34-21-4-2-3-19(14-21)28(29,30)31)13-23(16)35-25-15-24(17-7-9-20(32)10-8-17)36-26-22(25)11-12-33-26/h2-15H,32H2,1H3,(H,34,37)(H2,33,35,36). The summed E-state index contributed by atoms with van der Waals surface area (Å²) >= 11 is 0. The summed E-state index contributed by atoms with van der Waals surface area (Å²) in [5.41, 5.74) is 10.6. The van der Waals surface area contributed by atoms with Crippen molar-refractivity contribution >= 4 is 39.7 Å². The summed E-state index contributed by atoms with van der Waals surface area (Å²) < 4.78 is 39.1. The summed E-state index contributed by atoms with van der Waals surface area (Å²) in [5, 5.41) is 6.81. The Morgan fingerprint density at radius 2 is 1.73 bits per heavy atom. The minimum absolute atomic E-state index is 0.0613. The number of aromatic amines is 1. The Kier molecular flexibility index (Phi) is 6.04. The van der Waals surface area contributed by atoms with Crippen LogP contribution in [0.3, 0.4) is 0 Å². The van der Waals surface area contributed by atoms with E-state index >= 15 is 0 Å². The zero-order chi connectivity index (χ0) is 26.2. The number of alkyl halides is 3. The van der Waals surface area contributed by atoms with Gasteiger partial charge in [-0.3, -0.25) is 4.79 Å². The molecule has 0 atom stereocenters. The van der Waals surface area contributed by atoms with Crippen LogP contribution in [-0.2, 0) is 6.18 Å². The van der Waals surface area contributed by atoms with E-state index in [1.165, 1.54) is 12.1 Å². The molecule has 5 aromatic rings. The van der Waals surface area contributed by atoms with Crippen molar-refractivity contribution < 1.29 is 18.0 Å². The number of nitrogens with zero attached hydrogens (tertiary/aromatic N) is 1. The number of hydrogen-bond acceptors (Lipinski definition) is 4. The maximum atomic E-state index is 13.0. The van der Waals surface area contributed by atoms with Crippen molar-refractivity contribution in [3.63, 3.8) is 0 Å². The molecule has 0 saturated heterocycles. The van der Waals surface area contributed by atoms with Gasteiger partial charge >= 0.3 is 6.18 Å². The quantitative estimate of drug-likeness (QED) is 0.193. The van der Waals surface area contributed by atoms with E-state index in [0.717, 1.165) is 40.0 Å². The van der Waals surface area contributed by atoms with Gasteiger partial charge in [-0.15, -0.1) is 0 Å². The van der Waals surface area contributed by atoms with Crippen molar-refractivity contribution in [3.05, 3.63) is 102 Å². The average Bonchev–Trinajstić information content (AvgIpc) is 3.34. The monoisotopic (exact) mass is 501 g/mol. The molecule has 2 aromatic heterocycles. The number of nitrogens with one attached hydrogen (secondary N) is 3. The molecule has 0 aliphatic rings. The number of aryl methyl sites for hydroxylation is 1. The normalized spacial score (nSPS) is 11.5. The molecular weight excluding hydrogens is 479 g/mol. The highest BCUT2D eigenvalue weighted by molar-refractivity contribution is 6.05. The van der Waals surface area contributed by atoms with E-state index in [2.05, 4.69) is 15.6 Å². The molecule has 5 rings (SSSR count). The molecule has 0 unspecified atom stereocenters. The topological polar surface area (TPSA) is 95.8 Å². The maximum Gasteiger partial charge on any atom is 0.416 e. The van der Waals surface area contributed by atoms with Gasteiger partial charge in [0, 0.05) is 39.8 Å². The first-order chi connectivity index (χ1) is 17.7. The maximum absolute atomic E-state index is 13.0. The summed E-state index contributed by atoms with van der Waals surface area (Å²) in [6.07, 6.45) is -2.71. The Morgan fingerprint density at radius 3 is 2.49 bits per heavy atom. The van der Waals surface area contributed by atoms with Crippen LogP contribution in [-0.4, -0.2) is 15.9 Å². The van der Waals surface area contributed by atoms with Crippen LogP contribution in [0.5, 0.6) is 0 Å². The van der Waals surface area contributed by atoms with Gasteiger partial charge in [0.25, 0.3) is 5.91 Å². The molecule has 37 heavy (non-hydrogen) atoms. The van der Waals surface area contributed by atoms with Crippen LogP contribution < -0.4 is 16.4 Å². The Balaban J connectivity index is 1.45. The Bertz CT molecular complexity index is 1610. The van der Waals surface area contributed by atoms with E-state index in [9.17, 15) is 18.0 Å². The van der Waals surface area contributed by atoms with Crippen LogP contribution >= 0.6 is 0 Å². The van der Waals surface area contributed by atoms with Crippen molar-refractivity contribution in [1.82, 2.24) is 9.97 Å². The number of hydrogen-bond donors (Lipinski definition) is 4. The lowest BCUT2D eigenvalue weighted by atomic mass is 10.1. The first kappa shape index (κ1) is 23.9. The molecule has 0 fully saturated rings. The van der Waals surface area contributed by atoms with Gasteiger partial charge in [-0.1, -0.05) is 24.3 Å². The second kappa shape index (κ2) is 9.34. The lowest BCUT2D eigenvalue weighted by Crippen LogP contribution is -2.13. The molecule has 6 nitrogen and oxygen atoms in total. The highest BCUT2D eigenvalue weighted by atomic mass is 19.4. The number of H-pyrrole nitrogens is 1. The molecule has 0 aliphatic carbocycles. The van der Waals surface area contributed by atoms with Crippen LogP contribution in [0.1, 0.15) is 21.5 Å². The minimum atomic E-state index is -4.50. The number of rotatable bonds is 5. The molecule has 0 spiro atoms. The molecule has 5 N–H and O–H groups in total. The third kappa shape index (κ3) is 5.11. The molecule has 0 bridgehead atoms. The van der Waals surface area contributed by atoms with Gasteiger partial charge in [0.05, 0.1) is 16.9 Å². The largest absolute Gasteiger partial charge is 0.416 e. The minimum Gasteiger partial charge on any atom is -0.399 e. The van der Waals surface area contributed by atoms with Crippen molar-refractivity contribution in [2.24, 2.45) is 0 Å². The number of carbonyl (C=O) groups excluding carboxylic acids is 1. The smallest absolute Gasteiger partial charge is 0.399 e. The first-order valence-corrected chi connectivity index (χ1v) is 11.4. The first-order valence-electron chi connectivity index (χ1n) is 11.4. The number of halogens is 3. The Labute approximate surface area is 210 Å². The number of fused-ring (bicyclic) bond motifs is 1. The molecule has 2 heterocycles. The molecule has 3 aromatic carbocycles. The summed E-state index contributed by atoms with van der Waals surface area (Å²) in [4.78, 5) is 20.7. The van der Waals surface area contributed by atoms with Gasteiger partial charge in [0.15, 0.2) is 0 Å². The summed E-state index contributed by atoms with van der Waals surface area (Å²) in [5.74, 6) is -0.522. The number of pyridine rings is 1. The van der Waals surface area contributed by atoms with Gasteiger partial charge in [-0.2, -0.15) is 13.2 Å². The highest BCUT2D eigenvalue weighted by Crippen LogP contribution is 2.33. The van der Waals surface area contributed by atoms with E-state index in [1.54, 1.807) is 36.5 Å². The van der Waals surface area contributed by atoms with Gasteiger partial charge < -0.3 is 21.4 Å². The number of carbonyl (C=O) groups is 1. The number of nitrogen functional groups attached to an aromatic ring is 1. The van der Waals surface area contributed by atoms with Crippen LogP contribution in [0.25, 0.3) is 22.3 Å². The van der Waals surface area contributed by atoms with Crippen molar-refractivity contribution in [1.29, 1.82) is 0 Å². The Hall–Kier alpha value is -4.79. The highest BCUT2D eigenvalue weighted by Gasteiger charge is 2.30. The third-order valence-corrected chi connectivity index (χ3v) is 5.95. The van der Waals surface area contributed by atoms with Crippen molar-refractivity contribution in [2.75, 3.05) is 16.4 Å². The van der Waals surface area contributed by atoms with Crippen LogP contribution in [0.4, 0.5) is 35.9 Å². The fourth-order valence-corrected chi connectivity index (χ4v) is 3.96. The zero-order valence-electron chi connectivity index (χ0n) is 19.6. The third-order valence-electron chi connectivity index (χ3n) is 5.95. The van der Waals surface area contributed by atoms with E-state index in [0.29, 0.717) is 22.6 Å². The fourth-order valence-electron chi connectivity index (χ4n) is 3.96. The predicted molar refractivity (Wildman–Crippen MR) is 140 cm³/mol. The lowest BCUT2D eigenvalue weighted by Gasteiger charge is -2.14. The van der Waals surface area contributed by atoms with Gasteiger partial charge in [-0.05, 0) is 67.1 Å². The van der Waals surface area contributed by atoms with E-state index in [4.69, 9.17) is 10.7 Å². The zero-order valence-corrected chi connectivity index (χ0v) is 19.6. The van der Waals surface area contributed by atoms with E-state index in [1.807, 2.05) is 31.2 Å². The van der Waals surface area contributed by atoms with E-state index in [-0.39, 0.29) is 5.69 Å². The molecule has 0 aliphatic heterocycles. The van der Waals surface area contributed by atoms with Crippen LogP contribution in [0.15, 0.2) is 85.1 Å². The number of anilines is 4. The second-order valence-corrected chi connectivity index (χ2v) is 8.60. The number of amides is 1. The molecule has 0 radical (unpaired) electrons. The molecule has 9 heteroatoms. The Morgan fingerprint density at radius 1 is 0.946 bits per heavy atom. The predicted octanol–water partition coefficient (Wildman–Crippen LogP) is 7.14. The van der Waals surface area contributed by atoms with E-state index < -0.39 is 17.6 Å². The molecule has 186 valence electrons. The lowest BCUT2D eigenvalue weighted by molar-refractivity contribution is -0.137. The van der Waals surface area contributed by atoms with Gasteiger partial charge in [0.2, 0.25) is 0 Å². The van der Waals surface area contributed by atoms with Crippen molar-refractivity contribution in [3.8, 4) is 11.3 Å². The van der Waals surface area contributed by atoms with Crippen LogP contribution in [0, 0.1) is 6.92 Å². The van der Waals surface area contributed by atoms with Crippen molar-refractivity contribution in [2.45, 2.75) is 13.1 Å². The molecule has 0 saturated carbocycles. The molecular formula is C28H22F3N5O. The average molecular weight is 502 g/mol. The summed E-state index contributed by atoms with van der Waals surface area (Å²) in [7, 11) is 0. The summed E-state index contributed by atoms with van der Waals surface area (Å²) in [6, 6.07) is 20.8. The summed E-state index contributed by atoms with van der Waals surface area (Å²) in [6.45, 7) is 1.90. The van der Waals surface area contributed by atoms with Gasteiger partial charge in [0.1, 0.15) is 5.65 Å². The number of aromatic nitrogens is 2. The molecule has 1 amide bonds. The second-order valence-electron chi connectivity index (χ2n) is 8.60. The number of nitrogens with two attached hydrogens (primary N) is 1. The van der Waals surface area contributed by atoms with Gasteiger partial charge in [-0.25, -0.2) is 4.98 Å². The number of benzene rings is 3. The van der Waals surface area contributed by atoms with Crippen LogP contribution in [0.2, 0.25) is 0 Å².